The van der Waals surface area contributed by atoms with Gasteiger partial charge >= 0.3 is 0 Å². The fourth-order valence-electron chi connectivity index (χ4n) is 4.06. The van der Waals surface area contributed by atoms with E-state index in [0.717, 1.165) is 25.9 Å². The van der Waals surface area contributed by atoms with Gasteiger partial charge in [0.25, 0.3) is 17.5 Å². The lowest BCUT2D eigenvalue weighted by molar-refractivity contribution is -0.384. The topological polar surface area (TPSA) is 130 Å². The molecule has 2 amide bonds. The molecule has 0 saturated carbocycles. The van der Waals surface area contributed by atoms with Crippen LogP contribution in [-0.4, -0.2) is 53.5 Å². The van der Waals surface area contributed by atoms with E-state index in [1.165, 1.54) is 18.3 Å². The molecule has 3 rings (SSSR count). The van der Waals surface area contributed by atoms with Gasteiger partial charge < -0.3 is 9.73 Å². The largest absolute Gasteiger partial charge is 0.455 e. The summed E-state index contributed by atoms with van der Waals surface area (Å²) in [6, 6.07) is 18.2. The first kappa shape index (κ1) is 28.3. The van der Waals surface area contributed by atoms with Crippen molar-refractivity contribution in [1.82, 2.24) is 15.6 Å². The van der Waals surface area contributed by atoms with Gasteiger partial charge in [-0.2, -0.15) is 5.10 Å². The molecule has 0 fully saturated rings. The summed E-state index contributed by atoms with van der Waals surface area (Å²) in [5.41, 5.74) is 3.94. The number of unbranched alkanes of at least 4 members (excludes halogenated alkanes) is 1. The summed E-state index contributed by atoms with van der Waals surface area (Å²) in [5.74, 6) is 0.660. The van der Waals surface area contributed by atoms with Crippen LogP contribution in [0.3, 0.4) is 0 Å². The van der Waals surface area contributed by atoms with E-state index in [1.54, 1.807) is 36.4 Å². The van der Waals surface area contributed by atoms with E-state index in [9.17, 15) is 19.7 Å². The Kier molecular flexibility index (Phi) is 10.7. The highest BCUT2D eigenvalue weighted by Gasteiger charge is 2.23. The molecule has 0 aliphatic carbocycles. The molecule has 2 aromatic carbocycles. The van der Waals surface area contributed by atoms with Gasteiger partial charge in [0.15, 0.2) is 0 Å². The first-order valence-electron chi connectivity index (χ1n) is 12.7. The number of hydrogen-bond donors (Lipinski definition) is 2. The number of amides is 2. The molecule has 10 nitrogen and oxygen atoms in total. The standard InChI is InChI=1S/C28H33N5O5/c1-3-32(4-2)25(12-8-9-19-29-27(34)22-10-6-5-7-11-22)28(35)31-30-20-24-17-18-26(38-24)21-13-15-23(16-14-21)33(36)37/h5-7,10-11,13-18,20,25H,3-4,8-9,12,19H2,1-2H3,(H,29,34)(H,31,35)/b30-20+. The minimum Gasteiger partial charge on any atom is -0.455 e. The number of nitrogens with one attached hydrogen (secondary N) is 2. The van der Waals surface area contributed by atoms with Crippen molar-refractivity contribution in [3.8, 4) is 11.3 Å². The fourth-order valence-corrected chi connectivity index (χ4v) is 4.06. The zero-order valence-electron chi connectivity index (χ0n) is 21.6. The van der Waals surface area contributed by atoms with Gasteiger partial charge in [-0.05, 0) is 68.8 Å². The van der Waals surface area contributed by atoms with Crippen molar-refractivity contribution in [2.24, 2.45) is 5.10 Å². The predicted octanol–water partition coefficient (Wildman–Crippen LogP) is 4.62. The predicted molar refractivity (Wildman–Crippen MR) is 146 cm³/mol. The van der Waals surface area contributed by atoms with Crippen molar-refractivity contribution in [3.05, 3.63) is 88.2 Å². The molecule has 3 aromatic rings. The number of nitro groups is 1. The van der Waals surface area contributed by atoms with E-state index in [4.69, 9.17) is 4.42 Å². The number of benzene rings is 2. The van der Waals surface area contributed by atoms with Crippen molar-refractivity contribution in [1.29, 1.82) is 0 Å². The number of non-ortho nitro benzene ring substituents is 1. The highest BCUT2D eigenvalue weighted by atomic mass is 16.6. The number of nitro benzene ring substituents is 1. The summed E-state index contributed by atoms with van der Waals surface area (Å²) in [6.45, 7) is 6.00. The Morgan fingerprint density at radius 2 is 1.74 bits per heavy atom. The number of hydrogen-bond acceptors (Lipinski definition) is 7. The lowest BCUT2D eigenvalue weighted by Crippen LogP contribution is -2.45. The van der Waals surface area contributed by atoms with Crippen LogP contribution in [0.5, 0.6) is 0 Å². The number of rotatable bonds is 14. The average molecular weight is 520 g/mol. The summed E-state index contributed by atoms with van der Waals surface area (Å²) in [6.07, 6.45) is 3.58. The second-order valence-corrected chi connectivity index (χ2v) is 8.59. The normalized spacial score (nSPS) is 12.0. The SMILES string of the molecule is CCN(CC)C(CCCCNC(=O)c1ccccc1)C(=O)N/N=C/c1ccc(-c2ccc([N+](=O)[O-])cc2)o1. The second kappa shape index (κ2) is 14.4. The van der Waals surface area contributed by atoms with Crippen LogP contribution < -0.4 is 10.7 Å². The molecular weight excluding hydrogens is 486 g/mol. The minimum atomic E-state index is -0.456. The fraction of sp³-hybridized carbons (Fsp3) is 0.321. The zero-order chi connectivity index (χ0) is 27.3. The van der Waals surface area contributed by atoms with Gasteiger partial charge in [0.1, 0.15) is 11.5 Å². The van der Waals surface area contributed by atoms with Crippen LogP contribution in [0.4, 0.5) is 5.69 Å². The molecule has 2 N–H and O–H groups in total. The first-order chi connectivity index (χ1) is 18.4. The van der Waals surface area contributed by atoms with Gasteiger partial charge in [0, 0.05) is 29.8 Å². The average Bonchev–Trinajstić information content (AvgIpc) is 3.41. The van der Waals surface area contributed by atoms with Crippen molar-refractivity contribution in [2.75, 3.05) is 19.6 Å². The molecular formula is C28H33N5O5. The Labute approximate surface area is 221 Å². The molecule has 0 radical (unpaired) electrons. The number of furan rings is 1. The van der Waals surface area contributed by atoms with Gasteiger partial charge in [-0.15, -0.1) is 0 Å². The van der Waals surface area contributed by atoms with Crippen LogP contribution in [-0.2, 0) is 4.79 Å². The summed E-state index contributed by atoms with van der Waals surface area (Å²) < 4.78 is 5.73. The van der Waals surface area contributed by atoms with Crippen LogP contribution in [0, 0.1) is 10.1 Å². The number of carbonyl (C=O) groups is 2. The van der Waals surface area contributed by atoms with E-state index in [0.29, 0.717) is 35.6 Å². The maximum Gasteiger partial charge on any atom is 0.269 e. The Hall–Kier alpha value is -4.31. The molecule has 0 aliphatic heterocycles. The van der Waals surface area contributed by atoms with Crippen molar-refractivity contribution >= 4 is 23.7 Å². The van der Waals surface area contributed by atoms with Gasteiger partial charge in [-0.3, -0.25) is 24.6 Å². The van der Waals surface area contributed by atoms with E-state index >= 15 is 0 Å². The number of carbonyl (C=O) groups excluding carboxylic acids is 2. The third-order valence-electron chi connectivity index (χ3n) is 6.14. The minimum absolute atomic E-state index is 0.00416. The monoisotopic (exact) mass is 519 g/mol. The van der Waals surface area contributed by atoms with Crippen LogP contribution in [0.1, 0.15) is 49.2 Å². The van der Waals surface area contributed by atoms with Gasteiger partial charge in [-0.25, -0.2) is 5.43 Å². The Bertz CT molecular complexity index is 1220. The lowest BCUT2D eigenvalue weighted by atomic mass is 10.1. The quantitative estimate of drug-likeness (QED) is 0.138. The summed E-state index contributed by atoms with van der Waals surface area (Å²) in [4.78, 5) is 37.6. The highest BCUT2D eigenvalue weighted by Crippen LogP contribution is 2.24. The van der Waals surface area contributed by atoms with E-state index < -0.39 is 4.92 Å². The number of likely N-dealkylation sites (N-methyl/N-ethyl adjacent to an activating group) is 1. The van der Waals surface area contributed by atoms with E-state index in [2.05, 4.69) is 20.7 Å². The maximum atomic E-state index is 12.9. The first-order valence-corrected chi connectivity index (χ1v) is 12.7. The summed E-state index contributed by atoms with van der Waals surface area (Å²) in [7, 11) is 0. The number of nitrogens with zero attached hydrogens (tertiary/aromatic N) is 3. The Balaban J connectivity index is 1.50. The molecule has 0 aliphatic rings. The van der Waals surface area contributed by atoms with Gasteiger partial charge in [0.2, 0.25) is 0 Å². The zero-order valence-corrected chi connectivity index (χ0v) is 21.6. The van der Waals surface area contributed by atoms with Crippen molar-refractivity contribution in [2.45, 2.75) is 39.2 Å². The molecule has 0 bridgehead atoms. The van der Waals surface area contributed by atoms with E-state index in [-0.39, 0.29) is 23.5 Å². The molecule has 200 valence electrons. The Morgan fingerprint density at radius 1 is 1.03 bits per heavy atom. The third-order valence-corrected chi connectivity index (χ3v) is 6.14. The molecule has 1 aromatic heterocycles. The third kappa shape index (κ3) is 8.10. The highest BCUT2D eigenvalue weighted by molar-refractivity contribution is 5.94. The Morgan fingerprint density at radius 3 is 2.39 bits per heavy atom. The van der Waals surface area contributed by atoms with Gasteiger partial charge in [-0.1, -0.05) is 32.0 Å². The number of hydrazone groups is 1. The summed E-state index contributed by atoms with van der Waals surface area (Å²) in [5, 5.41) is 17.8. The molecule has 1 atom stereocenters. The van der Waals surface area contributed by atoms with Gasteiger partial charge in [0.05, 0.1) is 17.2 Å². The van der Waals surface area contributed by atoms with Crippen LogP contribution in [0.15, 0.2) is 76.2 Å². The second-order valence-electron chi connectivity index (χ2n) is 8.59. The van der Waals surface area contributed by atoms with Crippen LogP contribution in [0.25, 0.3) is 11.3 Å². The van der Waals surface area contributed by atoms with Crippen molar-refractivity contribution < 1.29 is 18.9 Å². The summed E-state index contributed by atoms with van der Waals surface area (Å²) >= 11 is 0. The van der Waals surface area contributed by atoms with E-state index in [1.807, 2.05) is 32.0 Å². The van der Waals surface area contributed by atoms with Crippen LogP contribution >= 0.6 is 0 Å². The smallest absolute Gasteiger partial charge is 0.269 e. The molecule has 1 unspecified atom stereocenters. The lowest BCUT2D eigenvalue weighted by Gasteiger charge is -2.27. The molecule has 0 saturated heterocycles. The maximum absolute atomic E-state index is 12.9. The van der Waals surface area contributed by atoms with Crippen molar-refractivity contribution in [3.63, 3.8) is 0 Å². The molecule has 1 heterocycles. The van der Waals surface area contributed by atoms with Crippen LogP contribution in [0.2, 0.25) is 0 Å². The molecule has 38 heavy (non-hydrogen) atoms. The molecule has 0 spiro atoms. The molecule has 10 heteroatoms.